The van der Waals surface area contributed by atoms with E-state index in [-0.39, 0.29) is 0 Å². The standard InChI is InChI=1S/C17H30N2O3/c1-4-15-5-6-17(16(18)13-15)22-12-11-21-10-9-20-8-7-19-14(2)3/h5-6,13-14,19H,4,7-12,18H2,1-3H3. The predicted molar refractivity (Wildman–Crippen MR) is 90.5 cm³/mol. The van der Waals surface area contributed by atoms with E-state index in [0.29, 0.717) is 44.8 Å². The number of hydrogen-bond acceptors (Lipinski definition) is 5. The Hall–Kier alpha value is -1.30. The van der Waals surface area contributed by atoms with E-state index >= 15 is 0 Å². The van der Waals surface area contributed by atoms with Crippen LogP contribution in [0.5, 0.6) is 5.75 Å². The van der Waals surface area contributed by atoms with Crippen molar-refractivity contribution in [1.82, 2.24) is 5.32 Å². The number of anilines is 1. The average Bonchev–Trinajstić information content (AvgIpc) is 2.50. The smallest absolute Gasteiger partial charge is 0.142 e. The third kappa shape index (κ3) is 8.22. The van der Waals surface area contributed by atoms with Gasteiger partial charge < -0.3 is 25.3 Å². The van der Waals surface area contributed by atoms with Gasteiger partial charge in [-0.05, 0) is 24.1 Å². The second-order valence-corrected chi connectivity index (χ2v) is 5.41. The molecule has 1 rings (SSSR count). The van der Waals surface area contributed by atoms with Crippen molar-refractivity contribution in [3.05, 3.63) is 23.8 Å². The van der Waals surface area contributed by atoms with E-state index in [0.717, 1.165) is 18.7 Å². The predicted octanol–water partition coefficient (Wildman–Crippen LogP) is 2.24. The lowest BCUT2D eigenvalue weighted by Gasteiger charge is -2.11. The Balaban J connectivity index is 1.99. The molecule has 0 fully saturated rings. The van der Waals surface area contributed by atoms with Crippen LogP contribution >= 0.6 is 0 Å². The number of rotatable bonds is 12. The van der Waals surface area contributed by atoms with Crippen molar-refractivity contribution < 1.29 is 14.2 Å². The fraction of sp³-hybridized carbons (Fsp3) is 0.647. The highest BCUT2D eigenvalue weighted by Gasteiger charge is 2.01. The third-order valence-electron chi connectivity index (χ3n) is 3.14. The van der Waals surface area contributed by atoms with E-state index < -0.39 is 0 Å². The number of hydrogen-bond donors (Lipinski definition) is 2. The van der Waals surface area contributed by atoms with Gasteiger partial charge >= 0.3 is 0 Å². The van der Waals surface area contributed by atoms with Crippen molar-refractivity contribution in [2.45, 2.75) is 33.2 Å². The van der Waals surface area contributed by atoms with Gasteiger partial charge in [0.2, 0.25) is 0 Å². The number of benzene rings is 1. The molecule has 0 aliphatic rings. The number of ether oxygens (including phenoxy) is 3. The van der Waals surface area contributed by atoms with E-state index in [4.69, 9.17) is 19.9 Å². The SMILES string of the molecule is CCc1ccc(OCCOCCOCCNC(C)C)c(N)c1. The van der Waals surface area contributed by atoms with Crippen LogP contribution in [0.3, 0.4) is 0 Å². The zero-order valence-corrected chi connectivity index (χ0v) is 14.1. The van der Waals surface area contributed by atoms with Crippen LogP contribution in [-0.4, -0.2) is 45.6 Å². The summed E-state index contributed by atoms with van der Waals surface area (Å²) in [6.45, 7) is 10.1. The van der Waals surface area contributed by atoms with E-state index in [2.05, 4.69) is 26.1 Å². The van der Waals surface area contributed by atoms with Gasteiger partial charge in [-0.25, -0.2) is 0 Å². The molecule has 0 saturated carbocycles. The molecule has 0 heterocycles. The van der Waals surface area contributed by atoms with Crippen LogP contribution in [0.4, 0.5) is 5.69 Å². The molecular formula is C17H30N2O3. The first kappa shape index (κ1) is 18.7. The Kier molecular flexibility index (Phi) is 9.62. The van der Waals surface area contributed by atoms with Gasteiger partial charge in [-0.1, -0.05) is 26.8 Å². The Morgan fingerprint density at radius 3 is 2.36 bits per heavy atom. The largest absolute Gasteiger partial charge is 0.489 e. The molecule has 5 nitrogen and oxygen atoms in total. The molecule has 0 aromatic heterocycles. The first-order valence-electron chi connectivity index (χ1n) is 8.03. The minimum absolute atomic E-state index is 0.491. The van der Waals surface area contributed by atoms with Crippen molar-refractivity contribution in [3.63, 3.8) is 0 Å². The van der Waals surface area contributed by atoms with Gasteiger partial charge in [0.1, 0.15) is 12.4 Å². The Bertz CT molecular complexity index is 411. The monoisotopic (exact) mass is 310 g/mol. The molecule has 0 bridgehead atoms. The third-order valence-corrected chi connectivity index (χ3v) is 3.14. The molecule has 22 heavy (non-hydrogen) atoms. The summed E-state index contributed by atoms with van der Waals surface area (Å²) < 4.78 is 16.5. The van der Waals surface area contributed by atoms with Crippen molar-refractivity contribution in [2.24, 2.45) is 0 Å². The normalized spacial score (nSPS) is 11.1. The molecule has 1 aromatic carbocycles. The van der Waals surface area contributed by atoms with Crippen LogP contribution in [0.1, 0.15) is 26.3 Å². The van der Waals surface area contributed by atoms with Crippen LogP contribution < -0.4 is 15.8 Å². The fourth-order valence-electron chi connectivity index (χ4n) is 1.90. The highest BCUT2D eigenvalue weighted by atomic mass is 16.5. The number of aryl methyl sites for hydroxylation is 1. The lowest BCUT2D eigenvalue weighted by atomic mass is 10.1. The summed E-state index contributed by atoms with van der Waals surface area (Å²) in [7, 11) is 0. The zero-order chi connectivity index (χ0) is 16.2. The summed E-state index contributed by atoms with van der Waals surface area (Å²) in [5.41, 5.74) is 7.83. The molecule has 0 amide bonds. The summed E-state index contributed by atoms with van der Waals surface area (Å²) in [4.78, 5) is 0. The van der Waals surface area contributed by atoms with Crippen LogP contribution in [0.25, 0.3) is 0 Å². The lowest BCUT2D eigenvalue weighted by molar-refractivity contribution is 0.0371. The van der Waals surface area contributed by atoms with E-state index in [9.17, 15) is 0 Å². The highest BCUT2D eigenvalue weighted by molar-refractivity contribution is 5.54. The fourth-order valence-corrected chi connectivity index (χ4v) is 1.90. The molecule has 0 aliphatic carbocycles. The zero-order valence-electron chi connectivity index (χ0n) is 14.1. The highest BCUT2D eigenvalue weighted by Crippen LogP contribution is 2.22. The topological polar surface area (TPSA) is 65.7 Å². The molecule has 0 spiro atoms. The number of nitrogen functional groups attached to an aromatic ring is 1. The lowest BCUT2D eigenvalue weighted by Crippen LogP contribution is -2.27. The molecule has 0 aliphatic heterocycles. The first-order chi connectivity index (χ1) is 10.6. The maximum Gasteiger partial charge on any atom is 0.142 e. The molecule has 0 unspecified atom stereocenters. The van der Waals surface area contributed by atoms with Crippen molar-refractivity contribution in [3.8, 4) is 5.75 Å². The van der Waals surface area contributed by atoms with Crippen molar-refractivity contribution >= 4 is 5.69 Å². The van der Waals surface area contributed by atoms with Crippen LogP contribution in [0.2, 0.25) is 0 Å². The summed E-state index contributed by atoms with van der Waals surface area (Å²) >= 11 is 0. The summed E-state index contributed by atoms with van der Waals surface area (Å²) in [5, 5.41) is 3.29. The van der Waals surface area contributed by atoms with E-state index in [1.165, 1.54) is 5.56 Å². The van der Waals surface area contributed by atoms with Gasteiger partial charge in [0.05, 0.1) is 32.1 Å². The molecule has 0 radical (unpaired) electrons. The first-order valence-corrected chi connectivity index (χ1v) is 8.03. The minimum Gasteiger partial charge on any atom is -0.489 e. The van der Waals surface area contributed by atoms with Crippen LogP contribution in [-0.2, 0) is 15.9 Å². The summed E-state index contributed by atoms with van der Waals surface area (Å²) in [5.74, 6) is 0.719. The molecule has 1 aromatic rings. The van der Waals surface area contributed by atoms with E-state index in [1.807, 2.05) is 18.2 Å². The van der Waals surface area contributed by atoms with E-state index in [1.54, 1.807) is 0 Å². The Morgan fingerprint density at radius 1 is 1.05 bits per heavy atom. The molecule has 5 heteroatoms. The Morgan fingerprint density at radius 2 is 1.73 bits per heavy atom. The van der Waals surface area contributed by atoms with Crippen molar-refractivity contribution in [2.75, 3.05) is 45.3 Å². The number of nitrogens with one attached hydrogen (secondary N) is 1. The maximum atomic E-state index is 5.94. The second-order valence-electron chi connectivity index (χ2n) is 5.41. The summed E-state index contributed by atoms with van der Waals surface area (Å²) in [6, 6.07) is 6.40. The molecule has 0 atom stereocenters. The quantitative estimate of drug-likeness (QED) is 0.458. The van der Waals surface area contributed by atoms with Crippen molar-refractivity contribution in [1.29, 1.82) is 0 Å². The van der Waals surface area contributed by atoms with Crippen LogP contribution in [0, 0.1) is 0 Å². The Labute approximate surface area is 134 Å². The van der Waals surface area contributed by atoms with Gasteiger partial charge in [0, 0.05) is 12.6 Å². The summed E-state index contributed by atoms with van der Waals surface area (Å²) in [6.07, 6.45) is 0.972. The maximum absolute atomic E-state index is 5.94. The minimum atomic E-state index is 0.491. The average molecular weight is 310 g/mol. The molecule has 3 N–H and O–H groups in total. The van der Waals surface area contributed by atoms with Gasteiger partial charge in [-0.15, -0.1) is 0 Å². The second kappa shape index (κ2) is 11.3. The van der Waals surface area contributed by atoms with Crippen LogP contribution in [0.15, 0.2) is 18.2 Å². The molecule has 126 valence electrons. The molecule has 0 saturated heterocycles. The number of nitrogens with two attached hydrogens (primary N) is 1. The van der Waals surface area contributed by atoms with Gasteiger partial charge in [-0.3, -0.25) is 0 Å². The molecular weight excluding hydrogens is 280 g/mol. The van der Waals surface area contributed by atoms with Gasteiger partial charge in [-0.2, -0.15) is 0 Å². The van der Waals surface area contributed by atoms with Gasteiger partial charge in [0.15, 0.2) is 0 Å². The van der Waals surface area contributed by atoms with Gasteiger partial charge in [0.25, 0.3) is 0 Å².